The van der Waals surface area contributed by atoms with E-state index in [1.165, 1.54) is 0 Å². The van der Waals surface area contributed by atoms with Crippen molar-refractivity contribution >= 4 is 5.82 Å². The highest BCUT2D eigenvalue weighted by Crippen LogP contribution is 2.35. The first-order valence-electron chi connectivity index (χ1n) is 8.19. The lowest BCUT2D eigenvalue weighted by atomic mass is 10.1. The summed E-state index contributed by atoms with van der Waals surface area (Å²) in [6.07, 6.45) is 0. The number of methoxy groups -OCH3 is 1. The van der Waals surface area contributed by atoms with E-state index in [4.69, 9.17) is 9.47 Å². The Labute approximate surface area is 148 Å². The van der Waals surface area contributed by atoms with Crippen molar-refractivity contribution in [1.82, 2.24) is 10.2 Å². The smallest absolute Gasteiger partial charge is 0.169 e. The molecule has 0 atom stereocenters. The van der Waals surface area contributed by atoms with Crippen molar-refractivity contribution in [3.63, 3.8) is 0 Å². The molecule has 0 unspecified atom stereocenters. The number of rotatable bonds is 2. The predicted molar refractivity (Wildman–Crippen MR) is 95.0 cm³/mol. The fourth-order valence-corrected chi connectivity index (χ4v) is 3.04. The van der Waals surface area contributed by atoms with Gasteiger partial charge in [0, 0.05) is 18.2 Å². The van der Waals surface area contributed by atoms with Gasteiger partial charge in [0.05, 0.1) is 19.3 Å². The molecule has 6 heteroatoms. The Kier molecular flexibility index (Phi) is 4.25. The Morgan fingerprint density at radius 3 is 2.72 bits per heavy atom. The molecule has 25 heavy (non-hydrogen) atoms. The van der Waals surface area contributed by atoms with Gasteiger partial charge in [-0.2, -0.15) is 10.4 Å². The van der Waals surface area contributed by atoms with Crippen LogP contribution >= 0.6 is 0 Å². The zero-order valence-electron chi connectivity index (χ0n) is 15.3. The van der Waals surface area contributed by atoms with Gasteiger partial charge in [0.2, 0.25) is 0 Å². The second-order valence-electron chi connectivity index (χ2n) is 6.91. The van der Waals surface area contributed by atoms with Crippen molar-refractivity contribution in [2.45, 2.75) is 39.8 Å². The van der Waals surface area contributed by atoms with E-state index in [1.54, 1.807) is 7.11 Å². The van der Waals surface area contributed by atoms with Crippen molar-refractivity contribution < 1.29 is 9.47 Å². The van der Waals surface area contributed by atoms with Gasteiger partial charge in [0.1, 0.15) is 28.7 Å². The van der Waals surface area contributed by atoms with E-state index < -0.39 is 5.60 Å². The van der Waals surface area contributed by atoms with Crippen LogP contribution in [0.1, 0.15) is 36.2 Å². The molecule has 0 saturated carbocycles. The molecular weight excluding hydrogens is 316 g/mol. The summed E-state index contributed by atoms with van der Waals surface area (Å²) in [7, 11) is 1.64. The van der Waals surface area contributed by atoms with Crippen LogP contribution in [0.25, 0.3) is 0 Å². The molecule has 1 aliphatic heterocycles. The molecule has 1 aliphatic rings. The lowest BCUT2D eigenvalue weighted by Crippen LogP contribution is -2.41. The number of fused-ring (bicyclic) bond motifs is 1. The average Bonchev–Trinajstić information content (AvgIpc) is 2.70. The third-order valence-corrected chi connectivity index (χ3v) is 4.44. The van der Waals surface area contributed by atoms with Gasteiger partial charge in [-0.05, 0) is 45.4 Å². The number of hydrogen-bond donors (Lipinski definition) is 0. The zero-order chi connectivity index (χ0) is 18.2. The van der Waals surface area contributed by atoms with E-state index in [-0.39, 0.29) is 0 Å². The highest BCUT2D eigenvalue weighted by molar-refractivity contribution is 5.59. The van der Waals surface area contributed by atoms with Crippen molar-refractivity contribution in [2.75, 3.05) is 18.6 Å². The molecule has 3 rings (SSSR count). The topological polar surface area (TPSA) is 71.3 Å². The summed E-state index contributed by atoms with van der Waals surface area (Å²) >= 11 is 0. The zero-order valence-corrected chi connectivity index (χ0v) is 15.3. The predicted octanol–water partition coefficient (Wildman–Crippen LogP) is 3.15. The lowest BCUT2D eigenvalue weighted by Gasteiger charge is -2.30. The third-order valence-electron chi connectivity index (χ3n) is 4.44. The summed E-state index contributed by atoms with van der Waals surface area (Å²) in [5.74, 6) is 2.15. The van der Waals surface area contributed by atoms with E-state index in [1.807, 2.05) is 45.9 Å². The Hall–Kier alpha value is -2.81. The van der Waals surface area contributed by atoms with Crippen LogP contribution in [0.15, 0.2) is 18.2 Å². The van der Waals surface area contributed by atoms with E-state index in [0.29, 0.717) is 24.5 Å². The number of nitrogens with zero attached hydrogens (tertiary/aromatic N) is 4. The number of nitriles is 1. The molecule has 130 valence electrons. The van der Waals surface area contributed by atoms with Gasteiger partial charge < -0.3 is 14.4 Å². The Morgan fingerprint density at radius 1 is 1.28 bits per heavy atom. The van der Waals surface area contributed by atoms with Crippen LogP contribution in [-0.2, 0) is 6.54 Å². The van der Waals surface area contributed by atoms with Crippen LogP contribution in [0.3, 0.4) is 0 Å². The first kappa shape index (κ1) is 17.0. The molecule has 0 aliphatic carbocycles. The standard InChI is InChI=1S/C19H22N4O2/c1-12-13(2)21-22-18(16(12)9-20)23-10-14-6-7-15(24-5)8-17(14)25-19(3,4)11-23/h6-8H,10-11H2,1-5H3. The number of anilines is 1. The van der Waals surface area contributed by atoms with Gasteiger partial charge in [0.15, 0.2) is 5.82 Å². The SMILES string of the molecule is COc1ccc2c(c1)OC(C)(C)CN(c1nnc(C)c(C)c1C#N)C2. The fourth-order valence-electron chi connectivity index (χ4n) is 3.04. The van der Waals surface area contributed by atoms with Crippen molar-refractivity contribution in [3.05, 3.63) is 40.6 Å². The number of benzene rings is 1. The van der Waals surface area contributed by atoms with E-state index in [9.17, 15) is 5.26 Å². The maximum Gasteiger partial charge on any atom is 0.169 e. The van der Waals surface area contributed by atoms with Crippen LogP contribution in [-0.4, -0.2) is 29.5 Å². The van der Waals surface area contributed by atoms with Crippen LogP contribution in [0.4, 0.5) is 5.82 Å². The molecule has 1 aromatic heterocycles. The number of ether oxygens (including phenoxy) is 2. The van der Waals surface area contributed by atoms with Crippen LogP contribution in [0, 0.1) is 25.2 Å². The second-order valence-corrected chi connectivity index (χ2v) is 6.91. The molecule has 0 bridgehead atoms. The molecule has 1 aromatic carbocycles. The normalized spacial score (nSPS) is 15.6. The quantitative estimate of drug-likeness (QED) is 0.838. The largest absolute Gasteiger partial charge is 0.497 e. The highest BCUT2D eigenvalue weighted by atomic mass is 16.5. The van der Waals surface area contributed by atoms with Gasteiger partial charge in [0.25, 0.3) is 0 Å². The summed E-state index contributed by atoms with van der Waals surface area (Å²) < 4.78 is 11.5. The summed E-state index contributed by atoms with van der Waals surface area (Å²) in [6, 6.07) is 8.09. The molecule has 0 fully saturated rings. The Balaban J connectivity index is 2.09. The van der Waals surface area contributed by atoms with Gasteiger partial charge in [-0.25, -0.2) is 0 Å². The Morgan fingerprint density at radius 2 is 2.04 bits per heavy atom. The van der Waals surface area contributed by atoms with Crippen LogP contribution < -0.4 is 14.4 Å². The van der Waals surface area contributed by atoms with Crippen molar-refractivity contribution in [1.29, 1.82) is 5.26 Å². The molecule has 2 aromatic rings. The number of aromatic nitrogens is 2. The van der Waals surface area contributed by atoms with Gasteiger partial charge in [-0.15, -0.1) is 5.10 Å². The summed E-state index contributed by atoms with van der Waals surface area (Å²) in [5.41, 5.74) is 2.78. The van der Waals surface area contributed by atoms with Crippen LogP contribution in [0.2, 0.25) is 0 Å². The highest BCUT2D eigenvalue weighted by Gasteiger charge is 2.31. The van der Waals surface area contributed by atoms with Crippen molar-refractivity contribution in [3.8, 4) is 17.6 Å². The van der Waals surface area contributed by atoms with Gasteiger partial charge >= 0.3 is 0 Å². The number of aryl methyl sites for hydroxylation is 1. The minimum absolute atomic E-state index is 0.454. The molecular formula is C19H22N4O2. The minimum Gasteiger partial charge on any atom is -0.497 e. The maximum atomic E-state index is 9.63. The van der Waals surface area contributed by atoms with Gasteiger partial charge in [-0.3, -0.25) is 0 Å². The monoisotopic (exact) mass is 338 g/mol. The molecule has 0 saturated heterocycles. The minimum atomic E-state index is -0.454. The van der Waals surface area contributed by atoms with Gasteiger partial charge in [-0.1, -0.05) is 0 Å². The molecule has 0 amide bonds. The lowest BCUT2D eigenvalue weighted by molar-refractivity contribution is 0.120. The first-order chi connectivity index (χ1) is 11.8. The van der Waals surface area contributed by atoms with E-state index in [0.717, 1.165) is 28.3 Å². The second kappa shape index (κ2) is 6.25. The number of hydrogen-bond acceptors (Lipinski definition) is 6. The average molecular weight is 338 g/mol. The maximum absolute atomic E-state index is 9.63. The molecule has 0 radical (unpaired) electrons. The molecule has 0 spiro atoms. The fraction of sp³-hybridized carbons (Fsp3) is 0.421. The summed E-state index contributed by atoms with van der Waals surface area (Å²) in [6.45, 7) is 9.00. The molecule has 6 nitrogen and oxygen atoms in total. The van der Waals surface area contributed by atoms with E-state index in [2.05, 4.69) is 21.2 Å². The van der Waals surface area contributed by atoms with Crippen molar-refractivity contribution in [2.24, 2.45) is 0 Å². The first-order valence-corrected chi connectivity index (χ1v) is 8.19. The molecule has 0 N–H and O–H groups in total. The third kappa shape index (κ3) is 3.22. The van der Waals surface area contributed by atoms with E-state index >= 15 is 0 Å². The summed E-state index contributed by atoms with van der Waals surface area (Å²) in [4.78, 5) is 2.07. The van der Waals surface area contributed by atoms with Crippen LogP contribution in [0.5, 0.6) is 11.5 Å². The summed E-state index contributed by atoms with van der Waals surface area (Å²) in [5, 5.41) is 18.2. The molecule has 2 heterocycles. The Bertz CT molecular complexity index is 855.